The van der Waals surface area contributed by atoms with Gasteiger partial charge in [0.05, 0.1) is 35.8 Å². The molecule has 0 aliphatic rings. The van der Waals surface area contributed by atoms with Gasteiger partial charge in [0.1, 0.15) is 0 Å². The molecule has 5 heteroatoms. The summed E-state index contributed by atoms with van der Waals surface area (Å²) in [6, 6.07) is 7.81. The number of ether oxygens (including phenoxy) is 1. The highest BCUT2D eigenvalue weighted by atomic mass is 16.5. The van der Waals surface area contributed by atoms with Crippen LogP contribution < -0.4 is 10.6 Å². The van der Waals surface area contributed by atoms with Crippen LogP contribution in [-0.4, -0.2) is 43.5 Å². The third-order valence-electron chi connectivity index (χ3n) is 3.00. The van der Waals surface area contributed by atoms with E-state index in [9.17, 15) is 5.11 Å². The summed E-state index contributed by atoms with van der Waals surface area (Å²) in [4.78, 5) is 6.23. The summed E-state index contributed by atoms with van der Waals surface area (Å²) in [5, 5.41) is 10.8. The first-order valence-electron chi connectivity index (χ1n) is 6.15. The Morgan fingerprint density at radius 1 is 1.42 bits per heavy atom. The van der Waals surface area contributed by atoms with E-state index in [0.717, 1.165) is 16.6 Å². The Morgan fingerprint density at radius 3 is 2.89 bits per heavy atom. The van der Waals surface area contributed by atoms with E-state index in [-0.39, 0.29) is 0 Å². The number of rotatable bonds is 5. The molecule has 0 bridgehead atoms. The minimum Gasteiger partial charge on any atom is -0.396 e. The number of pyridine rings is 1. The van der Waals surface area contributed by atoms with Gasteiger partial charge in [0, 0.05) is 26.1 Å². The second kappa shape index (κ2) is 5.86. The number of nitrogen functional groups attached to an aromatic ring is 1. The molecular weight excluding hydrogens is 242 g/mol. The van der Waals surface area contributed by atoms with Gasteiger partial charge in [0.25, 0.3) is 0 Å². The maximum atomic E-state index is 9.82. The molecule has 0 saturated heterocycles. The minimum absolute atomic E-state index is 0.299. The third-order valence-corrected chi connectivity index (χ3v) is 3.00. The highest BCUT2D eigenvalue weighted by molar-refractivity contribution is 5.97. The fourth-order valence-electron chi connectivity index (χ4n) is 2.22. The quantitative estimate of drug-likeness (QED) is 0.848. The van der Waals surface area contributed by atoms with E-state index in [4.69, 9.17) is 10.5 Å². The summed E-state index contributed by atoms with van der Waals surface area (Å²) >= 11 is 0. The maximum Gasteiger partial charge on any atom is 0.0947 e. The van der Waals surface area contributed by atoms with Gasteiger partial charge < -0.3 is 20.5 Å². The van der Waals surface area contributed by atoms with Gasteiger partial charge in [0.15, 0.2) is 0 Å². The summed E-state index contributed by atoms with van der Waals surface area (Å²) in [5.74, 6) is 0. The standard InChI is InChI=1S/C14H19N3O2/c1-17(8-10(18)9-19-2)14-11-5-3-4-6-13(11)16-7-12(14)15/h3-7,10,18H,8-9,15H2,1-2H3. The number of methoxy groups -OCH3 is 1. The lowest BCUT2D eigenvalue weighted by atomic mass is 10.1. The van der Waals surface area contributed by atoms with Crippen molar-refractivity contribution in [2.75, 3.05) is 37.9 Å². The van der Waals surface area contributed by atoms with Gasteiger partial charge in [-0.2, -0.15) is 0 Å². The van der Waals surface area contributed by atoms with E-state index in [1.165, 1.54) is 0 Å². The Kier molecular flexibility index (Phi) is 4.19. The molecule has 0 spiro atoms. The van der Waals surface area contributed by atoms with E-state index in [2.05, 4.69) is 4.98 Å². The molecule has 0 saturated carbocycles. The van der Waals surface area contributed by atoms with Crippen molar-refractivity contribution in [2.45, 2.75) is 6.10 Å². The largest absolute Gasteiger partial charge is 0.396 e. The number of likely N-dealkylation sites (N-methyl/N-ethyl adjacent to an activating group) is 1. The highest BCUT2D eigenvalue weighted by Gasteiger charge is 2.14. The van der Waals surface area contributed by atoms with Crippen molar-refractivity contribution in [3.63, 3.8) is 0 Å². The Morgan fingerprint density at radius 2 is 2.16 bits per heavy atom. The summed E-state index contributed by atoms with van der Waals surface area (Å²) in [5.41, 5.74) is 8.40. The van der Waals surface area contributed by atoms with Crippen molar-refractivity contribution in [1.29, 1.82) is 0 Å². The molecule has 3 N–H and O–H groups in total. The van der Waals surface area contributed by atoms with Crippen LogP contribution in [0.4, 0.5) is 11.4 Å². The van der Waals surface area contributed by atoms with E-state index >= 15 is 0 Å². The highest BCUT2D eigenvalue weighted by Crippen LogP contribution is 2.30. The lowest BCUT2D eigenvalue weighted by Gasteiger charge is -2.25. The molecule has 0 aliphatic heterocycles. The summed E-state index contributed by atoms with van der Waals surface area (Å²) in [6.45, 7) is 0.749. The van der Waals surface area contributed by atoms with Gasteiger partial charge >= 0.3 is 0 Å². The van der Waals surface area contributed by atoms with Crippen molar-refractivity contribution in [3.8, 4) is 0 Å². The molecule has 1 atom stereocenters. The lowest BCUT2D eigenvalue weighted by Crippen LogP contribution is -2.32. The van der Waals surface area contributed by atoms with Crippen LogP contribution in [0, 0.1) is 0 Å². The average Bonchev–Trinajstić information content (AvgIpc) is 2.38. The number of benzene rings is 1. The minimum atomic E-state index is -0.554. The number of fused-ring (bicyclic) bond motifs is 1. The Labute approximate surface area is 112 Å². The predicted molar refractivity (Wildman–Crippen MR) is 77.3 cm³/mol. The van der Waals surface area contributed by atoms with Gasteiger partial charge in [-0.1, -0.05) is 18.2 Å². The summed E-state index contributed by atoms with van der Waals surface area (Å²) < 4.78 is 4.94. The fraction of sp³-hybridized carbons (Fsp3) is 0.357. The van der Waals surface area contributed by atoms with E-state index in [0.29, 0.717) is 18.8 Å². The van der Waals surface area contributed by atoms with E-state index in [1.807, 2.05) is 36.2 Å². The molecule has 2 aromatic rings. The van der Waals surface area contributed by atoms with Crippen LogP contribution in [0.5, 0.6) is 0 Å². The molecule has 1 aromatic carbocycles. The third kappa shape index (κ3) is 2.94. The van der Waals surface area contributed by atoms with Crippen LogP contribution in [0.25, 0.3) is 10.9 Å². The zero-order chi connectivity index (χ0) is 13.8. The summed E-state index contributed by atoms with van der Waals surface area (Å²) in [6.07, 6.45) is 1.10. The van der Waals surface area contributed by atoms with Gasteiger partial charge in [-0.25, -0.2) is 0 Å². The molecule has 2 rings (SSSR count). The number of aliphatic hydroxyl groups is 1. The Balaban J connectivity index is 2.35. The first-order chi connectivity index (χ1) is 9.13. The van der Waals surface area contributed by atoms with Crippen LogP contribution >= 0.6 is 0 Å². The molecule has 1 heterocycles. The van der Waals surface area contributed by atoms with Gasteiger partial charge in [-0.05, 0) is 6.07 Å². The van der Waals surface area contributed by atoms with Gasteiger partial charge in [-0.15, -0.1) is 0 Å². The molecule has 0 radical (unpaired) electrons. The van der Waals surface area contributed by atoms with Crippen LogP contribution in [0.3, 0.4) is 0 Å². The Bertz CT molecular complexity index is 559. The number of hydrogen-bond donors (Lipinski definition) is 2. The first-order valence-corrected chi connectivity index (χ1v) is 6.15. The molecule has 102 valence electrons. The molecule has 19 heavy (non-hydrogen) atoms. The van der Waals surface area contributed by atoms with Crippen molar-refractivity contribution in [2.24, 2.45) is 0 Å². The van der Waals surface area contributed by atoms with Crippen molar-refractivity contribution in [3.05, 3.63) is 30.5 Å². The van der Waals surface area contributed by atoms with Crippen LogP contribution in [0.1, 0.15) is 0 Å². The van der Waals surface area contributed by atoms with Gasteiger partial charge in [-0.3, -0.25) is 4.98 Å². The van der Waals surface area contributed by atoms with E-state index in [1.54, 1.807) is 13.3 Å². The number of hydrogen-bond acceptors (Lipinski definition) is 5. The molecule has 1 unspecified atom stereocenters. The van der Waals surface area contributed by atoms with Crippen LogP contribution in [-0.2, 0) is 4.74 Å². The molecule has 0 aliphatic carbocycles. The number of nitrogens with zero attached hydrogens (tertiary/aromatic N) is 2. The maximum absolute atomic E-state index is 9.82. The number of aliphatic hydroxyl groups excluding tert-OH is 1. The summed E-state index contributed by atoms with van der Waals surface area (Å²) in [7, 11) is 3.47. The van der Waals surface area contributed by atoms with Crippen molar-refractivity contribution >= 4 is 22.3 Å². The van der Waals surface area contributed by atoms with Crippen molar-refractivity contribution in [1.82, 2.24) is 4.98 Å². The normalized spacial score (nSPS) is 12.6. The first kappa shape index (κ1) is 13.6. The SMILES string of the molecule is COCC(O)CN(C)c1c(N)cnc2ccccc12. The monoisotopic (exact) mass is 261 g/mol. The second-order valence-electron chi connectivity index (χ2n) is 4.57. The smallest absolute Gasteiger partial charge is 0.0947 e. The molecule has 0 fully saturated rings. The number of anilines is 2. The molecule has 5 nitrogen and oxygen atoms in total. The van der Waals surface area contributed by atoms with Crippen molar-refractivity contribution < 1.29 is 9.84 Å². The lowest BCUT2D eigenvalue weighted by molar-refractivity contribution is 0.0695. The predicted octanol–water partition coefficient (Wildman–Crippen LogP) is 1.26. The number of para-hydroxylation sites is 1. The average molecular weight is 261 g/mol. The van der Waals surface area contributed by atoms with E-state index < -0.39 is 6.10 Å². The number of nitrogens with two attached hydrogens (primary N) is 1. The molecule has 0 amide bonds. The van der Waals surface area contributed by atoms with Gasteiger partial charge in [0.2, 0.25) is 0 Å². The topological polar surface area (TPSA) is 71.6 Å². The molecule has 1 aromatic heterocycles. The zero-order valence-electron chi connectivity index (χ0n) is 11.2. The second-order valence-corrected chi connectivity index (χ2v) is 4.57. The zero-order valence-corrected chi connectivity index (χ0v) is 11.2. The molecular formula is C14H19N3O2. The fourth-order valence-corrected chi connectivity index (χ4v) is 2.22. The van der Waals surface area contributed by atoms with Crippen LogP contribution in [0.2, 0.25) is 0 Å². The number of aromatic nitrogens is 1. The Hall–Kier alpha value is -1.85. The van der Waals surface area contributed by atoms with Crippen LogP contribution in [0.15, 0.2) is 30.5 Å².